The fraction of sp³-hybridized carbons (Fsp3) is 0.333. The van der Waals surface area contributed by atoms with Crippen molar-refractivity contribution in [3.63, 3.8) is 0 Å². The molecule has 0 bridgehead atoms. The number of benzene rings is 2. The molecule has 0 unspecified atom stereocenters. The van der Waals surface area contributed by atoms with Crippen LogP contribution in [-0.4, -0.2) is 24.1 Å². The largest absolute Gasteiger partial charge is 0.497 e. The first kappa shape index (κ1) is 19.2. The zero-order chi connectivity index (χ0) is 19.6. The van der Waals surface area contributed by atoms with E-state index in [1.54, 1.807) is 14.0 Å². The molecule has 3 aromatic rings. The maximum atomic E-state index is 12.4. The van der Waals surface area contributed by atoms with Crippen molar-refractivity contribution in [2.24, 2.45) is 0 Å². The standard InChI is InChI=1S/C21H24N2O3S/c1-13(26-15-8-6-14(7-9-15)21(2,3)4)19(24)23-20-22-17-11-10-16(25-5)12-18(17)27-20/h6-13H,1-5H3,(H,22,23,24)/t13-/m0/s1. The third kappa shape index (κ3) is 4.57. The third-order valence-corrected chi connectivity index (χ3v) is 5.16. The van der Waals surface area contributed by atoms with Crippen LogP contribution in [0.4, 0.5) is 5.13 Å². The molecule has 0 fully saturated rings. The molecule has 27 heavy (non-hydrogen) atoms. The van der Waals surface area contributed by atoms with Gasteiger partial charge in [0.2, 0.25) is 0 Å². The Morgan fingerprint density at radius 2 is 1.78 bits per heavy atom. The lowest BCUT2D eigenvalue weighted by atomic mass is 9.87. The van der Waals surface area contributed by atoms with Gasteiger partial charge in [-0.25, -0.2) is 4.98 Å². The lowest BCUT2D eigenvalue weighted by Gasteiger charge is -2.20. The van der Waals surface area contributed by atoms with Gasteiger partial charge in [0.25, 0.3) is 5.91 Å². The van der Waals surface area contributed by atoms with Crippen LogP contribution >= 0.6 is 11.3 Å². The molecule has 3 rings (SSSR count). The van der Waals surface area contributed by atoms with Gasteiger partial charge in [-0.2, -0.15) is 0 Å². The first-order valence-corrected chi connectivity index (χ1v) is 9.60. The molecule has 5 nitrogen and oxygen atoms in total. The van der Waals surface area contributed by atoms with Gasteiger partial charge in [-0.1, -0.05) is 44.2 Å². The molecule has 0 radical (unpaired) electrons. The molecule has 1 heterocycles. The molecular formula is C21H24N2O3S. The molecule has 0 saturated heterocycles. The first-order chi connectivity index (χ1) is 12.8. The average Bonchev–Trinajstić information content (AvgIpc) is 3.02. The molecular weight excluding hydrogens is 360 g/mol. The molecule has 2 aromatic carbocycles. The number of amides is 1. The second-order valence-electron chi connectivity index (χ2n) is 7.38. The maximum Gasteiger partial charge on any atom is 0.266 e. The normalized spacial score (nSPS) is 12.6. The summed E-state index contributed by atoms with van der Waals surface area (Å²) in [6.45, 7) is 8.20. The summed E-state index contributed by atoms with van der Waals surface area (Å²) < 4.78 is 11.9. The number of anilines is 1. The Morgan fingerprint density at radius 3 is 2.41 bits per heavy atom. The SMILES string of the molecule is COc1ccc2nc(NC(=O)[C@H](C)Oc3ccc(C(C)(C)C)cc3)sc2c1. The van der Waals surface area contributed by atoms with E-state index < -0.39 is 6.10 Å². The minimum Gasteiger partial charge on any atom is -0.497 e. The molecule has 1 atom stereocenters. The van der Waals surface area contributed by atoms with E-state index in [9.17, 15) is 4.79 Å². The van der Waals surface area contributed by atoms with Crippen LogP contribution in [0.2, 0.25) is 0 Å². The Hall–Kier alpha value is -2.60. The van der Waals surface area contributed by atoms with Crippen molar-refractivity contribution < 1.29 is 14.3 Å². The monoisotopic (exact) mass is 384 g/mol. The highest BCUT2D eigenvalue weighted by molar-refractivity contribution is 7.22. The summed E-state index contributed by atoms with van der Waals surface area (Å²) in [5.74, 6) is 1.19. The number of carbonyl (C=O) groups excluding carboxylic acids is 1. The molecule has 142 valence electrons. The number of hydrogen-bond acceptors (Lipinski definition) is 5. The topological polar surface area (TPSA) is 60.5 Å². The zero-order valence-electron chi connectivity index (χ0n) is 16.2. The fourth-order valence-corrected chi connectivity index (χ4v) is 3.48. The predicted octanol–water partition coefficient (Wildman–Crippen LogP) is 5.01. The zero-order valence-corrected chi connectivity index (χ0v) is 17.0. The highest BCUT2D eigenvalue weighted by Crippen LogP contribution is 2.29. The van der Waals surface area contributed by atoms with Crippen molar-refractivity contribution >= 4 is 32.6 Å². The Balaban J connectivity index is 1.65. The van der Waals surface area contributed by atoms with Crippen molar-refractivity contribution in [1.82, 2.24) is 4.98 Å². The van der Waals surface area contributed by atoms with Gasteiger partial charge in [0.05, 0.1) is 17.3 Å². The van der Waals surface area contributed by atoms with Crippen LogP contribution in [-0.2, 0) is 10.2 Å². The number of rotatable bonds is 5. The molecule has 0 aliphatic rings. The Bertz CT molecular complexity index is 942. The van der Waals surface area contributed by atoms with E-state index >= 15 is 0 Å². The van der Waals surface area contributed by atoms with Gasteiger partial charge in [-0.05, 0) is 48.2 Å². The van der Waals surface area contributed by atoms with E-state index in [1.165, 1.54) is 16.9 Å². The van der Waals surface area contributed by atoms with Gasteiger partial charge in [0, 0.05) is 0 Å². The summed E-state index contributed by atoms with van der Waals surface area (Å²) in [6.07, 6.45) is -0.632. The number of fused-ring (bicyclic) bond motifs is 1. The van der Waals surface area contributed by atoms with Crippen LogP contribution in [0.3, 0.4) is 0 Å². The van der Waals surface area contributed by atoms with Crippen LogP contribution in [0, 0.1) is 0 Å². The van der Waals surface area contributed by atoms with Gasteiger partial charge >= 0.3 is 0 Å². The summed E-state index contributed by atoms with van der Waals surface area (Å²) in [6, 6.07) is 13.5. The maximum absolute atomic E-state index is 12.4. The van der Waals surface area contributed by atoms with Gasteiger partial charge in [-0.3, -0.25) is 10.1 Å². The van der Waals surface area contributed by atoms with Crippen molar-refractivity contribution in [3.8, 4) is 11.5 Å². The number of hydrogen-bond donors (Lipinski definition) is 1. The van der Waals surface area contributed by atoms with E-state index in [0.29, 0.717) is 10.9 Å². The summed E-state index contributed by atoms with van der Waals surface area (Å²) in [4.78, 5) is 16.9. The minimum atomic E-state index is -0.632. The van der Waals surface area contributed by atoms with Gasteiger partial charge in [0.1, 0.15) is 11.5 Å². The van der Waals surface area contributed by atoms with Crippen LogP contribution < -0.4 is 14.8 Å². The second-order valence-corrected chi connectivity index (χ2v) is 8.41. The molecule has 0 aliphatic heterocycles. The highest BCUT2D eigenvalue weighted by atomic mass is 32.1. The quantitative estimate of drug-likeness (QED) is 0.672. The molecule has 1 aromatic heterocycles. The fourth-order valence-electron chi connectivity index (χ4n) is 2.58. The molecule has 0 aliphatic carbocycles. The Kier molecular flexibility index (Phi) is 5.37. The van der Waals surface area contributed by atoms with Gasteiger partial charge in [-0.15, -0.1) is 0 Å². The van der Waals surface area contributed by atoms with Crippen molar-refractivity contribution in [2.75, 3.05) is 12.4 Å². The van der Waals surface area contributed by atoms with E-state index in [4.69, 9.17) is 9.47 Å². The van der Waals surface area contributed by atoms with Crippen LogP contribution in [0.25, 0.3) is 10.2 Å². The third-order valence-electron chi connectivity index (χ3n) is 4.23. The predicted molar refractivity (Wildman–Crippen MR) is 110 cm³/mol. The number of ether oxygens (including phenoxy) is 2. The smallest absolute Gasteiger partial charge is 0.266 e. The van der Waals surface area contributed by atoms with Gasteiger partial charge < -0.3 is 9.47 Å². The number of nitrogens with one attached hydrogen (secondary N) is 1. The second kappa shape index (κ2) is 7.56. The van der Waals surface area contributed by atoms with E-state index in [-0.39, 0.29) is 11.3 Å². The van der Waals surface area contributed by atoms with Crippen molar-refractivity contribution in [3.05, 3.63) is 48.0 Å². The molecule has 0 spiro atoms. The number of methoxy groups -OCH3 is 1. The van der Waals surface area contributed by atoms with E-state index in [2.05, 4.69) is 31.1 Å². The molecule has 0 saturated carbocycles. The van der Waals surface area contributed by atoms with E-state index in [0.717, 1.165) is 16.0 Å². The first-order valence-electron chi connectivity index (χ1n) is 8.79. The van der Waals surface area contributed by atoms with Crippen LogP contribution in [0.15, 0.2) is 42.5 Å². The molecule has 1 N–H and O–H groups in total. The molecule has 6 heteroatoms. The van der Waals surface area contributed by atoms with Crippen molar-refractivity contribution in [1.29, 1.82) is 0 Å². The minimum absolute atomic E-state index is 0.0804. The average molecular weight is 385 g/mol. The number of nitrogens with zero attached hydrogens (tertiary/aromatic N) is 1. The lowest BCUT2D eigenvalue weighted by Crippen LogP contribution is -2.30. The van der Waals surface area contributed by atoms with E-state index in [1.807, 2.05) is 42.5 Å². The highest BCUT2D eigenvalue weighted by Gasteiger charge is 2.18. The number of carbonyl (C=O) groups is 1. The van der Waals surface area contributed by atoms with Gasteiger partial charge in [0.15, 0.2) is 11.2 Å². The van der Waals surface area contributed by atoms with Crippen LogP contribution in [0.1, 0.15) is 33.3 Å². The summed E-state index contributed by atoms with van der Waals surface area (Å²) >= 11 is 1.40. The summed E-state index contributed by atoms with van der Waals surface area (Å²) in [7, 11) is 1.62. The number of thiazole rings is 1. The lowest BCUT2D eigenvalue weighted by molar-refractivity contribution is -0.122. The molecule has 1 amide bonds. The number of aromatic nitrogens is 1. The summed E-state index contributed by atoms with van der Waals surface area (Å²) in [5.41, 5.74) is 2.12. The Labute approximate surface area is 163 Å². The van der Waals surface area contributed by atoms with Crippen molar-refractivity contribution in [2.45, 2.75) is 39.2 Å². The van der Waals surface area contributed by atoms with Crippen LogP contribution in [0.5, 0.6) is 11.5 Å². The summed E-state index contributed by atoms with van der Waals surface area (Å²) in [5, 5.41) is 3.37. The Morgan fingerprint density at radius 1 is 1.11 bits per heavy atom.